The van der Waals surface area contributed by atoms with E-state index in [0.717, 1.165) is 0 Å². The molecule has 0 saturated carbocycles. The van der Waals surface area contributed by atoms with Crippen LogP contribution in [0.25, 0.3) is 0 Å². The highest BCUT2D eigenvalue weighted by atomic mass is 35.5. The van der Waals surface area contributed by atoms with Crippen molar-refractivity contribution in [1.29, 1.82) is 0 Å². The molecule has 0 aliphatic heterocycles. The second kappa shape index (κ2) is 5.84. The first kappa shape index (κ1) is 14.2. The fourth-order valence-electron chi connectivity index (χ4n) is 1.74. The number of rotatable bonds is 2. The first-order chi connectivity index (χ1) is 9.47. The summed E-state index contributed by atoms with van der Waals surface area (Å²) in [5.41, 5.74) is 1.86. The van der Waals surface area contributed by atoms with E-state index in [9.17, 15) is 9.59 Å². The molecule has 0 N–H and O–H groups in total. The molecule has 1 aromatic carbocycles. The molecule has 4 nitrogen and oxygen atoms in total. The summed E-state index contributed by atoms with van der Waals surface area (Å²) in [6.07, 6.45) is 3.14. The monoisotopic (exact) mass is 289 g/mol. The number of benzene rings is 1. The van der Waals surface area contributed by atoms with E-state index in [-0.39, 0.29) is 5.78 Å². The Morgan fingerprint density at radius 2 is 1.85 bits per heavy atom. The van der Waals surface area contributed by atoms with E-state index < -0.39 is 5.97 Å². The molecule has 0 heterocycles. The molecule has 0 amide bonds. The van der Waals surface area contributed by atoms with Crippen LogP contribution in [0, 0.1) is 0 Å². The number of oxime groups is 1. The zero-order chi connectivity index (χ0) is 14.7. The van der Waals surface area contributed by atoms with Crippen LogP contribution < -0.4 is 0 Å². The van der Waals surface area contributed by atoms with Gasteiger partial charge in [0.2, 0.25) is 0 Å². The van der Waals surface area contributed by atoms with Gasteiger partial charge in [0.25, 0.3) is 0 Å². The fourth-order valence-corrected chi connectivity index (χ4v) is 1.93. The molecule has 20 heavy (non-hydrogen) atoms. The Morgan fingerprint density at radius 3 is 2.45 bits per heavy atom. The molecule has 0 radical (unpaired) electrons. The second-order valence-electron chi connectivity index (χ2n) is 4.39. The van der Waals surface area contributed by atoms with Crippen molar-refractivity contribution in [2.24, 2.45) is 5.16 Å². The molecule has 0 saturated heterocycles. The number of hydrogen-bond acceptors (Lipinski definition) is 4. The molecular weight excluding hydrogens is 278 g/mol. The summed E-state index contributed by atoms with van der Waals surface area (Å²) in [6.45, 7) is 3.38. The minimum atomic E-state index is -0.603. The Bertz CT molecular complexity index is 647. The van der Waals surface area contributed by atoms with Gasteiger partial charge in [0.05, 0.1) is 5.56 Å². The minimum absolute atomic E-state index is 0.0369. The van der Waals surface area contributed by atoms with Crippen LogP contribution in [-0.2, 0) is 9.63 Å². The molecule has 0 bridgehead atoms. The lowest BCUT2D eigenvalue weighted by molar-refractivity contribution is -0.112. The molecule has 0 spiro atoms. The van der Waals surface area contributed by atoms with Crippen LogP contribution in [0.3, 0.4) is 0 Å². The van der Waals surface area contributed by atoms with E-state index >= 15 is 0 Å². The van der Waals surface area contributed by atoms with Crippen molar-refractivity contribution in [2.75, 3.05) is 0 Å². The van der Waals surface area contributed by atoms with Gasteiger partial charge < -0.3 is 4.84 Å². The maximum Gasteiger partial charge on any atom is 0.365 e. The molecule has 0 atom stereocenters. The van der Waals surface area contributed by atoms with Crippen molar-refractivity contribution < 1.29 is 14.4 Å². The van der Waals surface area contributed by atoms with Gasteiger partial charge in [-0.25, -0.2) is 4.79 Å². The average molecular weight is 290 g/mol. The molecule has 1 aliphatic carbocycles. The van der Waals surface area contributed by atoms with Gasteiger partial charge in [0.1, 0.15) is 5.71 Å². The first-order valence-corrected chi connectivity index (χ1v) is 6.31. The van der Waals surface area contributed by atoms with Crippen molar-refractivity contribution in [1.82, 2.24) is 0 Å². The highest BCUT2D eigenvalue weighted by Gasteiger charge is 2.14. The second-order valence-corrected chi connectivity index (χ2v) is 4.83. The Balaban J connectivity index is 2.14. The summed E-state index contributed by atoms with van der Waals surface area (Å²) in [6, 6.07) is 6.40. The van der Waals surface area contributed by atoms with E-state index in [1.165, 1.54) is 6.07 Å². The van der Waals surface area contributed by atoms with Crippen molar-refractivity contribution in [2.45, 2.75) is 13.8 Å². The lowest BCUT2D eigenvalue weighted by atomic mass is 9.98. The molecule has 1 aromatic rings. The highest BCUT2D eigenvalue weighted by Crippen LogP contribution is 2.14. The Hall–Kier alpha value is -2.20. The summed E-state index contributed by atoms with van der Waals surface area (Å²) in [7, 11) is 0. The number of halogens is 1. The normalized spacial score (nSPS) is 14.6. The predicted molar refractivity (Wildman–Crippen MR) is 76.8 cm³/mol. The number of Topliss-reactive ketones (excluding diaryl/α,β-unsaturated/α-hetero) is 1. The van der Waals surface area contributed by atoms with Crippen LogP contribution in [0.2, 0.25) is 5.02 Å². The van der Waals surface area contributed by atoms with E-state index in [2.05, 4.69) is 5.16 Å². The summed E-state index contributed by atoms with van der Waals surface area (Å²) in [5.74, 6) is -0.640. The minimum Gasteiger partial charge on any atom is -0.312 e. The van der Waals surface area contributed by atoms with Gasteiger partial charge in [0.15, 0.2) is 5.78 Å². The van der Waals surface area contributed by atoms with E-state index in [0.29, 0.717) is 27.4 Å². The summed E-state index contributed by atoms with van der Waals surface area (Å²) < 4.78 is 0. The van der Waals surface area contributed by atoms with Crippen molar-refractivity contribution in [3.8, 4) is 0 Å². The number of carbonyl (C=O) groups excluding carboxylic acids is 2. The predicted octanol–water partition coefficient (Wildman–Crippen LogP) is 3.33. The standard InChI is InChI=1S/C15H12ClNO3/c1-9-6-13(7-10(2)14(9)18)17-20-15(19)11-4-3-5-12(16)8-11/h3-8H,1-2H3. The summed E-state index contributed by atoms with van der Waals surface area (Å²) in [5, 5.41) is 4.19. The van der Waals surface area contributed by atoms with E-state index in [4.69, 9.17) is 16.4 Å². The molecule has 0 aromatic heterocycles. The third kappa shape index (κ3) is 3.22. The van der Waals surface area contributed by atoms with Crippen LogP contribution in [0.15, 0.2) is 52.7 Å². The van der Waals surface area contributed by atoms with Crippen LogP contribution in [0.1, 0.15) is 24.2 Å². The molecule has 1 aliphatic rings. The van der Waals surface area contributed by atoms with E-state index in [1.807, 2.05) is 0 Å². The maximum absolute atomic E-state index is 11.8. The van der Waals surface area contributed by atoms with Gasteiger partial charge in [-0.2, -0.15) is 0 Å². The fraction of sp³-hybridized carbons (Fsp3) is 0.133. The Morgan fingerprint density at radius 1 is 1.20 bits per heavy atom. The molecule has 0 unspecified atom stereocenters. The SMILES string of the molecule is CC1=CC(=NOC(=O)c2cccc(Cl)c2)C=C(C)C1=O. The Kier molecular flexibility index (Phi) is 4.15. The van der Waals surface area contributed by atoms with Gasteiger partial charge in [0, 0.05) is 5.02 Å². The largest absolute Gasteiger partial charge is 0.365 e. The van der Waals surface area contributed by atoms with Crippen molar-refractivity contribution in [3.63, 3.8) is 0 Å². The summed E-state index contributed by atoms with van der Waals surface area (Å²) in [4.78, 5) is 28.2. The lowest BCUT2D eigenvalue weighted by Crippen LogP contribution is -2.11. The number of carbonyl (C=O) groups is 2. The summed E-state index contributed by atoms with van der Waals surface area (Å²) >= 11 is 5.79. The molecular formula is C15H12ClNO3. The van der Waals surface area contributed by atoms with Crippen LogP contribution in [0.4, 0.5) is 0 Å². The van der Waals surface area contributed by atoms with Crippen LogP contribution in [0.5, 0.6) is 0 Å². The first-order valence-electron chi connectivity index (χ1n) is 5.93. The molecule has 5 heteroatoms. The van der Waals surface area contributed by atoms with Gasteiger partial charge in [-0.15, -0.1) is 0 Å². The van der Waals surface area contributed by atoms with Crippen LogP contribution in [-0.4, -0.2) is 17.5 Å². The highest BCUT2D eigenvalue weighted by molar-refractivity contribution is 6.30. The zero-order valence-corrected chi connectivity index (χ0v) is 11.8. The van der Waals surface area contributed by atoms with Gasteiger partial charge >= 0.3 is 5.97 Å². The van der Waals surface area contributed by atoms with Crippen LogP contribution >= 0.6 is 11.6 Å². The topological polar surface area (TPSA) is 55.7 Å². The lowest BCUT2D eigenvalue weighted by Gasteiger charge is -2.08. The zero-order valence-electron chi connectivity index (χ0n) is 11.0. The smallest absolute Gasteiger partial charge is 0.312 e. The third-order valence-electron chi connectivity index (χ3n) is 2.74. The van der Waals surface area contributed by atoms with Gasteiger partial charge in [-0.1, -0.05) is 22.8 Å². The number of nitrogens with zero attached hydrogens (tertiary/aromatic N) is 1. The van der Waals surface area contributed by atoms with Gasteiger partial charge in [-0.3, -0.25) is 4.79 Å². The maximum atomic E-state index is 11.8. The third-order valence-corrected chi connectivity index (χ3v) is 2.97. The number of ketones is 1. The number of allylic oxidation sites excluding steroid dienone is 4. The quantitative estimate of drug-likeness (QED) is 0.477. The van der Waals surface area contributed by atoms with Crippen molar-refractivity contribution in [3.05, 3.63) is 58.1 Å². The van der Waals surface area contributed by atoms with Crippen molar-refractivity contribution >= 4 is 29.1 Å². The number of hydrogen-bond donors (Lipinski definition) is 0. The molecule has 102 valence electrons. The van der Waals surface area contributed by atoms with Gasteiger partial charge in [-0.05, 0) is 55.3 Å². The molecule has 0 fully saturated rings. The Labute approximate surface area is 121 Å². The average Bonchev–Trinajstić information content (AvgIpc) is 2.42. The van der Waals surface area contributed by atoms with E-state index in [1.54, 1.807) is 44.2 Å². The molecule has 2 rings (SSSR count).